The van der Waals surface area contributed by atoms with Crippen molar-refractivity contribution in [1.82, 2.24) is 14.7 Å². The molecular formula is C28H36N4O3. The fraction of sp³-hybridized carbons (Fsp3) is 0.536. The van der Waals surface area contributed by atoms with Crippen LogP contribution in [0.5, 0.6) is 5.75 Å². The number of hydrogen-bond donors (Lipinski definition) is 0. The van der Waals surface area contributed by atoms with Crippen LogP contribution in [0.1, 0.15) is 54.9 Å². The molecule has 2 aromatic rings. The molecule has 7 heteroatoms. The smallest absolute Gasteiger partial charge is 0.256 e. The number of benzene rings is 2. The van der Waals surface area contributed by atoms with Crippen molar-refractivity contribution < 1.29 is 14.3 Å². The van der Waals surface area contributed by atoms with E-state index in [1.807, 2.05) is 28.1 Å². The summed E-state index contributed by atoms with van der Waals surface area (Å²) < 4.78 is 6.16. The van der Waals surface area contributed by atoms with Crippen LogP contribution in [0.2, 0.25) is 0 Å². The number of unbranched alkanes of at least 4 members (excludes halogenated alkanes) is 2. The Balaban J connectivity index is 1.15. The van der Waals surface area contributed by atoms with Crippen LogP contribution in [0.25, 0.3) is 10.8 Å². The SMILES string of the molecule is CC(=O)N1CCN(CCCCCOc2cc3cc4c(cc3cc2C)C(=O)N2CCC[C@H]2C=N4)CC1. The predicted octanol–water partition coefficient (Wildman–Crippen LogP) is 4.18. The zero-order valence-corrected chi connectivity index (χ0v) is 21.0. The zero-order chi connectivity index (χ0) is 24.4. The summed E-state index contributed by atoms with van der Waals surface area (Å²) in [7, 11) is 0. The van der Waals surface area contributed by atoms with Gasteiger partial charge in [0, 0.05) is 45.9 Å². The van der Waals surface area contributed by atoms with E-state index in [-0.39, 0.29) is 17.9 Å². The van der Waals surface area contributed by atoms with E-state index in [4.69, 9.17) is 4.74 Å². The van der Waals surface area contributed by atoms with E-state index in [1.54, 1.807) is 6.92 Å². The molecule has 2 aromatic carbocycles. The standard InChI is InChI=1S/C28H36N4O3/c1-20-15-22-16-25-26(29-19-24-7-6-9-32(24)28(25)34)17-23(22)18-27(20)35-14-5-3-4-8-30-10-12-31(13-11-30)21(2)33/h15-19,24H,3-14H2,1-2H3/t24-/m0/s1. The first-order valence-corrected chi connectivity index (χ1v) is 13.0. The van der Waals surface area contributed by atoms with Gasteiger partial charge in [-0.25, -0.2) is 0 Å². The third-order valence-corrected chi connectivity index (χ3v) is 7.62. The number of nitrogens with zero attached hydrogens (tertiary/aromatic N) is 4. The molecule has 3 aliphatic heterocycles. The Hall–Kier alpha value is -2.93. The van der Waals surface area contributed by atoms with Gasteiger partial charge in [0.05, 0.1) is 23.9 Å². The Bertz CT molecular complexity index is 1140. The molecule has 3 aliphatic rings. The van der Waals surface area contributed by atoms with Crippen molar-refractivity contribution in [3.63, 3.8) is 0 Å². The minimum absolute atomic E-state index is 0.0978. The van der Waals surface area contributed by atoms with E-state index < -0.39 is 0 Å². The third-order valence-electron chi connectivity index (χ3n) is 7.62. The summed E-state index contributed by atoms with van der Waals surface area (Å²) in [6.07, 6.45) is 7.28. The largest absolute Gasteiger partial charge is 0.493 e. The molecule has 2 amide bonds. The average Bonchev–Trinajstić information content (AvgIpc) is 3.28. The van der Waals surface area contributed by atoms with Gasteiger partial charge in [0.15, 0.2) is 0 Å². The second-order valence-electron chi connectivity index (χ2n) is 10.1. The number of aliphatic imine (C=N–C) groups is 1. The number of ether oxygens (including phenoxy) is 1. The van der Waals surface area contributed by atoms with Crippen LogP contribution in [0, 0.1) is 6.92 Å². The summed E-state index contributed by atoms with van der Waals surface area (Å²) in [5.74, 6) is 1.19. The number of hydrogen-bond acceptors (Lipinski definition) is 5. The fourth-order valence-corrected chi connectivity index (χ4v) is 5.47. The van der Waals surface area contributed by atoms with Crippen molar-refractivity contribution in [3.8, 4) is 5.75 Å². The molecule has 0 bridgehead atoms. The Morgan fingerprint density at radius 1 is 1.03 bits per heavy atom. The number of aryl methyl sites for hydroxylation is 1. The van der Waals surface area contributed by atoms with Crippen molar-refractivity contribution in [2.75, 3.05) is 45.9 Å². The normalized spacial score (nSPS) is 20.2. The molecule has 3 heterocycles. The minimum atomic E-state index is 0.0978. The lowest BCUT2D eigenvalue weighted by atomic mass is 10.0. The van der Waals surface area contributed by atoms with Gasteiger partial charge in [-0.2, -0.15) is 0 Å². The molecule has 0 radical (unpaired) electrons. The van der Waals surface area contributed by atoms with Crippen LogP contribution >= 0.6 is 0 Å². The van der Waals surface area contributed by atoms with Crippen LogP contribution < -0.4 is 4.74 Å². The van der Waals surface area contributed by atoms with E-state index in [0.29, 0.717) is 12.2 Å². The number of carbonyl (C=O) groups excluding carboxylic acids is 2. The van der Waals surface area contributed by atoms with E-state index in [1.165, 1.54) is 0 Å². The molecule has 0 aromatic heterocycles. The van der Waals surface area contributed by atoms with Gasteiger partial charge in [0.1, 0.15) is 5.75 Å². The average molecular weight is 477 g/mol. The van der Waals surface area contributed by atoms with Crippen LogP contribution in [0.3, 0.4) is 0 Å². The van der Waals surface area contributed by atoms with E-state index in [0.717, 1.165) is 99.1 Å². The summed E-state index contributed by atoms with van der Waals surface area (Å²) in [4.78, 5) is 35.6. The van der Waals surface area contributed by atoms with Crippen LogP contribution in [-0.2, 0) is 4.79 Å². The predicted molar refractivity (Wildman–Crippen MR) is 139 cm³/mol. The summed E-state index contributed by atoms with van der Waals surface area (Å²) >= 11 is 0. The van der Waals surface area contributed by atoms with Crippen molar-refractivity contribution in [2.45, 2.75) is 52.0 Å². The van der Waals surface area contributed by atoms with Crippen LogP contribution in [0.4, 0.5) is 5.69 Å². The Morgan fingerprint density at radius 3 is 2.63 bits per heavy atom. The van der Waals surface area contributed by atoms with Gasteiger partial charge >= 0.3 is 0 Å². The van der Waals surface area contributed by atoms with Gasteiger partial charge in [-0.3, -0.25) is 19.5 Å². The zero-order valence-electron chi connectivity index (χ0n) is 21.0. The lowest BCUT2D eigenvalue weighted by Crippen LogP contribution is -2.48. The van der Waals surface area contributed by atoms with Gasteiger partial charge in [-0.05, 0) is 86.2 Å². The van der Waals surface area contributed by atoms with Gasteiger partial charge in [0.25, 0.3) is 5.91 Å². The quantitative estimate of drug-likeness (QED) is 0.563. The number of rotatable bonds is 7. The van der Waals surface area contributed by atoms with Gasteiger partial charge in [-0.1, -0.05) is 0 Å². The first-order valence-electron chi connectivity index (χ1n) is 13.0. The number of fused-ring (bicyclic) bond motifs is 3. The highest BCUT2D eigenvalue weighted by atomic mass is 16.5. The first kappa shape index (κ1) is 23.8. The molecule has 7 nitrogen and oxygen atoms in total. The number of amides is 2. The monoisotopic (exact) mass is 476 g/mol. The maximum absolute atomic E-state index is 13.1. The molecular weight excluding hydrogens is 440 g/mol. The van der Waals surface area contributed by atoms with Crippen molar-refractivity contribution in [2.24, 2.45) is 4.99 Å². The lowest BCUT2D eigenvalue weighted by Gasteiger charge is -2.34. The van der Waals surface area contributed by atoms with Gasteiger partial charge in [0.2, 0.25) is 5.91 Å². The first-order chi connectivity index (χ1) is 17.0. The molecule has 2 saturated heterocycles. The summed E-state index contributed by atoms with van der Waals surface area (Å²) in [5, 5.41) is 2.11. The van der Waals surface area contributed by atoms with Gasteiger partial charge < -0.3 is 14.5 Å². The Labute approximate surface area is 207 Å². The Kier molecular flexibility index (Phi) is 7.04. The lowest BCUT2D eigenvalue weighted by molar-refractivity contribution is -0.130. The summed E-state index contributed by atoms with van der Waals surface area (Å²) in [6, 6.07) is 8.36. The summed E-state index contributed by atoms with van der Waals surface area (Å²) in [6.45, 7) is 9.97. The van der Waals surface area contributed by atoms with Crippen molar-refractivity contribution >= 4 is 34.5 Å². The second kappa shape index (κ2) is 10.4. The molecule has 35 heavy (non-hydrogen) atoms. The van der Waals surface area contributed by atoms with Gasteiger partial charge in [-0.15, -0.1) is 0 Å². The third kappa shape index (κ3) is 5.20. The maximum Gasteiger partial charge on any atom is 0.256 e. The number of piperazine rings is 1. The molecule has 0 saturated carbocycles. The van der Waals surface area contributed by atoms with Crippen LogP contribution in [0.15, 0.2) is 29.3 Å². The maximum atomic E-state index is 13.1. The van der Waals surface area contributed by atoms with Crippen LogP contribution in [-0.4, -0.2) is 84.6 Å². The summed E-state index contributed by atoms with van der Waals surface area (Å²) in [5.41, 5.74) is 2.55. The highest BCUT2D eigenvalue weighted by molar-refractivity contribution is 6.06. The molecule has 0 N–H and O–H groups in total. The molecule has 0 unspecified atom stereocenters. The van der Waals surface area contributed by atoms with E-state index in [2.05, 4.69) is 28.9 Å². The number of carbonyl (C=O) groups is 2. The molecule has 186 valence electrons. The van der Waals surface area contributed by atoms with E-state index >= 15 is 0 Å². The van der Waals surface area contributed by atoms with Crippen molar-refractivity contribution in [1.29, 1.82) is 0 Å². The second-order valence-corrected chi connectivity index (χ2v) is 10.1. The molecule has 0 aliphatic carbocycles. The highest BCUT2D eigenvalue weighted by Gasteiger charge is 2.31. The van der Waals surface area contributed by atoms with E-state index in [9.17, 15) is 9.59 Å². The van der Waals surface area contributed by atoms with Crippen molar-refractivity contribution in [3.05, 3.63) is 35.4 Å². The highest BCUT2D eigenvalue weighted by Crippen LogP contribution is 2.34. The Morgan fingerprint density at radius 2 is 1.83 bits per heavy atom. The molecule has 2 fully saturated rings. The molecule has 5 rings (SSSR count). The fourth-order valence-electron chi connectivity index (χ4n) is 5.47. The topological polar surface area (TPSA) is 65.5 Å². The molecule has 0 spiro atoms. The molecule has 1 atom stereocenters. The minimum Gasteiger partial charge on any atom is -0.493 e.